The molecule has 0 amide bonds. The molecule has 5 heteroatoms. The van der Waals surface area contributed by atoms with Gasteiger partial charge in [0.25, 0.3) is 0 Å². The van der Waals surface area contributed by atoms with Crippen molar-refractivity contribution >= 4 is 0 Å². The molecule has 2 fully saturated rings. The van der Waals surface area contributed by atoms with Crippen LogP contribution in [0.25, 0.3) is 0 Å². The van der Waals surface area contributed by atoms with Crippen LogP contribution in [-0.2, 0) is 6.18 Å². The van der Waals surface area contributed by atoms with Crippen molar-refractivity contribution in [3.63, 3.8) is 0 Å². The maximum Gasteiger partial charge on any atom is 0.419 e. The standard InChI is InChI=1S/C15H17F4N/c16-13-4-3-10(7-12(13)15(17,18)19)14(20)11-6-8-1-2-9(11)5-8/h3-4,7-9,11,14H,1-2,5-6,20H2. The van der Waals surface area contributed by atoms with Crippen LogP contribution in [0.1, 0.15) is 42.9 Å². The number of hydrogen-bond donors (Lipinski definition) is 1. The average Bonchev–Trinajstić information content (AvgIpc) is 2.99. The molecule has 4 atom stereocenters. The molecule has 1 aromatic rings. The van der Waals surface area contributed by atoms with Crippen LogP contribution in [0.2, 0.25) is 0 Å². The molecule has 2 bridgehead atoms. The van der Waals surface area contributed by atoms with Gasteiger partial charge in [0.05, 0.1) is 5.56 Å². The van der Waals surface area contributed by atoms with Gasteiger partial charge in [0.1, 0.15) is 5.82 Å². The van der Waals surface area contributed by atoms with E-state index in [1.54, 1.807) is 0 Å². The van der Waals surface area contributed by atoms with Gasteiger partial charge in [-0.05, 0) is 54.7 Å². The molecule has 2 N–H and O–H groups in total. The lowest BCUT2D eigenvalue weighted by molar-refractivity contribution is -0.140. The van der Waals surface area contributed by atoms with Gasteiger partial charge in [-0.15, -0.1) is 0 Å². The fourth-order valence-corrected chi connectivity index (χ4v) is 3.95. The highest BCUT2D eigenvalue weighted by atomic mass is 19.4. The van der Waals surface area contributed by atoms with Crippen molar-refractivity contribution in [2.75, 3.05) is 0 Å². The lowest BCUT2D eigenvalue weighted by Crippen LogP contribution is -2.26. The summed E-state index contributed by atoms with van der Waals surface area (Å²) in [7, 11) is 0. The molecule has 1 nitrogen and oxygen atoms in total. The highest BCUT2D eigenvalue weighted by Crippen LogP contribution is 2.52. The molecule has 0 spiro atoms. The van der Waals surface area contributed by atoms with Crippen LogP contribution in [0.15, 0.2) is 18.2 Å². The van der Waals surface area contributed by atoms with Crippen molar-refractivity contribution in [3.8, 4) is 0 Å². The van der Waals surface area contributed by atoms with E-state index in [0.717, 1.165) is 31.4 Å². The maximum atomic E-state index is 13.3. The SMILES string of the molecule is NC(c1ccc(F)c(C(F)(F)F)c1)C1CC2CCC1C2. The van der Waals surface area contributed by atoms with Gasteiger partial charge in [0.15, 0.2) is 0 Å². The minimum absolute atomic E-state index is 0.236. The third-order valence-electron chi connectivity index (χ3n) is 4.93. The summed E-state index contributed by atoms with van der Waals surface area (Å²) in [6.07, 6.45) is -0.202. The van der Waals surface area contributed by atoms with Gasteiger partial charge >= 0.3 is 6.18 Å². The first-order valence-corrected chi connectivity index (χ1v) is 6.98. The van der Waals surface area contributed by atoms with Crippen LogP contribution in [0.3, 0.4) is 0 Å². The van der Waals surface area contributed by atoms with E-state index in [-0.39, 0.29) is 5.92 Å². The molecule has 1 aromatic carbocycles. The van der Waals surface area contributed by atoms with E-state index in [1.165, 1.54) is 12.5 Å². The second kappa shape index (κ2) is 4.72. The van der Waals surface area contributed by atoms with Crippen molar-refractivity contribution < 1.29 is 17.6 Å². The lowest BCUT2D eigenvalue weighted by Gasteiger charge is -2.28. The lowest BCUT2D eigenvalue weighted by atomic mass is 9.80. The molecule has 0 saturated heterocycles. The normalized spacial score (nSPS) is 30.8. The second-order valence-corrected chi connectivity index (χ2v) is 6.10. The number of benzene rings is 1. The van der Waals surface area contributed by atoms with Crippen LogP contribution in [0.4, 0.5) is 17.6 Å². The first-order chi connectivity index (χ1) is 9.36. The van der Waals surface area contributed by atoms with Gasteiger partial charge in [0, 0.05) is 6.04 Å². The van der Waals surface area contributed by atoms with Crippen LogP contribution in [0, 0.1) is 23.6 Å². The molecule has 2 saturated carbocycles. The average molecular weight is 287 g/mol. The fourth-order valence-electron chi connectivity index (χ4n) is 3.95. The Balaban J connectivity index is 1.87. The summed E-state index contributed by atoms with van der Waals surface area (Å²) in [4.78, 5) is 0. The van der Waals surface area contributed by atoms with Gasteiger partial charge in [-0.1, -0.05) is 12.5 Å². The molecule has 0 aromatic heterocycles. The summed E-state index contributed by atoms with van der Waals surface area (Å²) in [5, 5.41) is 0. The monoisotopic (exact) mass is 287 g/mol. The van der Waals surface area contributed by atoms with Gasteiger partial charge in [-0.2, -0.15) is 13.2 Å². The predicted octanol–water partition coefficient (Wildman–Crippen LogP) is 4.28. The molecule has 20 heavy (non-hydrogen) atoms. The Kier molecular flexibility index (Phi) is 3.27. The first kappa shape index (κ1) is 13.9. The van der Waals surface area contributed by atoms with E-state index in [1.807, 2.05) is 0 Å². The quantitative estimate of drug-likeness (QED) is 0.807. The zero-order chi connectivity index (χ0) is 14.5. The summed E-state index contributed by atoms with van der Waals surface area (Å²) in [6, 6.07) is 2.73. The summed E-state index contributed by atoms with van der Waals surface area (Å²) in [5.74, 6) is 0.203. The van der Waals surface area contributed by atoms with Crippen molar-refractivity contribution in [2.24, 2.45) is 23.5 Å². The van der Waals surface area contributed by atoms with Crippen molar-refractivity contribution in [3.05, 3.63) is 35.1 Å². The summed E-state index contributed by atoms with van der Waals surface area (Å²) < 4.78 is 51.5. The topological polar surface area (TPSA) is 26.0 Å². The molecular weight excluding hydrogens is 270 g/mol. The van der Waals surface area contributed by atoms with E-state index in [4.69, 9.17) is 5.73 Å². The van der Waals surface area contributed by atoms with E-state index >= 15 is 0 Å². The molecule has 4 unspecified atom stereocenters. The second-order valence-electron chi connectivity index (χ2n) is 6.10. The summed E-state index contributed by atoms with van der Waals surface area (Å²) >= 11 is 0. The van der Waals surface area contributed by atoms with Crippen molar-refractivity contribution in [1.82, 2.24) is 0 Å². The van der Waals surface area contributed by atoms with Crippen molar-refractivity contribution in [2.45, 2.75) is 37.9 Å². The van der Waals surface area contributed by atoms with Crippen LogP contribution >= 0.6 is 0 Å². The molecule has 0 aliphatic heterocycles. The van der Waals surface area contributed by atoms with Crippen LogP contribution in [0.5, 0.6) is 0 Å². The third kappa shape index (κ3) is 2.32. The van der Waals surface area contributed by atoms with E-state index in [2.05, 4.69) is 0 Å². The highest BCUT2D eigenvalue weighted by molar-refractivity contribution is 5.30. The Morgan fingerprint density at radius 2 is 1.90 bits per heavy atom. The molecular formula is C15H17F4N. The fraction of sp³-hybridized carbons (Fsp3) is 0.600. The minimum atomic E-state index is -4.67. The number of nitrogens with two attached hydrogens (primary N) is 1. The van der Waals surface area contributed by atoms with Crippen LogP contribution in [-0.4, -0.2) is 0 Å². The Hall–Kier alpha value is -1.10. The number of halogens is 4. The first-order valence-electron chi connectivity index (χ1n) is 6.98. The molecule has 0 heterocycles. The number of alkyl halides is 3. The van der Waals surface area contributed by atoms with Crippen molar-refractivity contribution in [1.29, 1.82) is 0 Å². The third-order valence-corrected chi connectivity index (χ3v) is 4.93. The zero-order valence-electron chi connectivity index (χ0n) is 11.0. The highest BCUT2D eigenvalue weighted by Gasteiger charge is 2.43. The van der Waals surface area contributed by atoms with Gasteiger partial charge in [-0.3, -0.25) is 0 Å². The predicted molar refractivity (Wildman–Crippen MR) is 67.3 cm³/mol. The Morgan fingerprint density at radius 3 is 2.45 bits per heavy atom. The zero-order valence-corrected chi connectivity index (χ0v) is 11.0. The van der Waals surface area contributed by atoms with Gasteiger partial charge in [-0.25, -0.2) is 4.39 Å². The summed E-state index contributed by atoms with van der Waals surface area (Å²) in [6.45, 7) is 0. The Bertz CT molecular complexity index is 511. The smallest absolute Gasteiger partial charge is 0.324 e. The largest absolute Gasteiger partial charge is 0.419 e. The number of fused-ring (bicyclic) bond motifs is 2. The summed E-state index contributed by atoms with van der Waals surface area (Å²) in [5.41, 5.74) is 5.34. The Labute approximate surface area is 115 Å². The molecule has 3 rings (SSSR count). The van der Waals surface area contributed by atoms with E-state index in [0.29, 0.717) is 17.4 Å². The van der Waals surface area contributed by atoms with Crippen LogP contribution < -0.4 is 5.73 Å². The maximum absolute atomic E-state index is 13.3. The molecule has 110 valence electrons. The number of rotatable bonds is 2. The van der Waals surface area contributed by atoms with E-state index < -0.39 is 23.6 Å². The van der Waals surface area contributed by atoms with Gasteiger partial charge in [0.2, 0.25) is 0 Å². The Morgan fingerprint density at radius 1 is 1.15 bits per heavy atom. The van der Waals surface area contributed by atoms with E-state index in [9.17, 15) is 17.6 Å². The molecule has 2 aliphatic carbocycles. The molecule has 2 aliphatic rings. The minimum Gasteiger partial charge on any atom is -0.324 e. The van der Waals surface area contributed by atoms with Gasteiger partial charge < -0.3 is 5.73 Å². The number of hydrogen-bond acceptors (Lipinski definition) is 1. The molecule has 0 radical (unpaired) electrons.